The smallest absolute Gasteiger partial charge is 0.254 e. The predicted molar refractivity (Wildman–Crippen MR) is 107 cm³/mol. The number of ketones is 1. The van der Waals surface area contributed by atoms with Gasteiger partial charge in [-0.1, -0.05) is 13.8 Å². The van der Waals surface area contributed by atoms with Gasteiger partial charge in [-0.05, 0) is 43.5 Å². The number of Topliss-reactive ketones (excluding diaryl/α,β-unsaturated/α-hetero) is 1. The molecule has 142 valence electrons. The Morgan fingerprint density at radius 1 is 1.31 bits per heavy atom. The van der Waals surface area contributed by atoms with Gasteiger partial charge in [0.15, 0.2) is 5.78 Å². The molecule has 1 amide bonds. The summed E-state index contributed by atoms with van der Waals surface area (Å²) in [5.41, 5.74) is 1.26. The SMILES string of the molecule is CCN(CC)C(=O)c1ccc(OC)cc1CC(=O)C1=NC(C(C)C)CS1. The zero-order valence-electron chi connectivity index (χ0n) is 16.2. The minimum Gasteiger partial charge on any atom is -0.497 e. The van der Waals surface area contributed by atoms with E-state index in [2.05, 4.69) is 18.8 Å². The summed E-state index contributed by atoms with van der Waals surface area (Å²) >= 11 is 1.52. The van der Waals surface area contributed by atoms with Gasteiger partial charge in [-0.2, -0.15) is 0 Å². The Morgan fingerprint density at radius 3 is 2.54 bits per heavy atom. The third-order valence-electron chi connectivity index (χ3n) is 4.63. The van der Waals surface area contributed by atoms with E-state index in [1.807, 2.05) is 13.8 Å². The molecule has 0 fully saturated rings. The van der Waals surface area contributed by atoms with Crippen LogP contribution in [0.4, 0.5) is 0 Å². The number of hydrogen-bond donors (Lipinski definition) is 0. The fourth-order valence-corrected chi connectivity index (χ4v) is 4.10. The zero-order valence-corrected chi connectivity index (χ0v) is 17.1. The molecule has 0 aromatic heterocycles. The number of nitrogens with zero attached hydrogens (tertiary/aromatic N) is 2. The molecular formula is C20H28N2O3S. The van der Waals surface area contributed by atoms with Crippen molar-refractivity contribution in [3.8, 4) is 5.75 Å². The molecule has 1 unspecified atom stereocenters. The Labute approximate surface area is 160 Å². The van der Waals surface area contributed by atoms with Gasteiger partial charge in [0.2, 0.25) is 0 Å². The molecule has 1 aliphatic heterocycles. The van der Waals surface area contributed by atoms with Gasteiger partial charge in [-0.15, -0.1) is 11.8 Å². The van der Waals surface area contributed by atoms with E-state index < -0.39 is 0 Å². The van der Waals surface area contributed by atoms with Crippen LogP contribution in [0, 0.1) is 5.92 Å². The lowest BCUT2D eigenvalue weighted by Crippen LogP contribution is -2.31. The number of aliphatic imine (C=N–C) groups is 1. The van der Waals surface area contributed by atoms with Crippen molar-refractivity contribution in [3.63, 3.8) is 0 Å². The van der Waals surface area contributed by atoms with Crippen LogP contribution in [-0.4, -0.2) is 53.6 Å². The number of benzene rings is 1. The number of amides is 1. The molecule has 0 radical (unpaired) electrons. The van der Waals surface area contributed by atoms with E-state index in [1.165, 1.54) is 11.8 Å². The Balaban J connectivity index is 2.28. The molecule has 1 aromatic carbocycles. The molecule has 0 saturated heterocycles. The van der Waals surface area contributed by atoms with Crippen molar-refractivity contribution < 1.29 is 14.3 Å². The molecule has 0 saturated carbocycles. The molecule has 1 aromatic rings. The predicted octanol–water partition coefficient (Wildman–Crippen LogP) is 3.46. The molecule has 6 heteroatoms. The minimum absolute atomic E-state index is 0.0278. The van der Waals surface area contributed by atoms with E-state index in [0.29, 0.717) is 40.9 Å². The van der Waals surface area contributed by atoms with Crippen LogP contribution in [0.2, 0.25) is 0 Å². The van der Waals surface area contributed by atoms with Crippen molar-refractivity contribution in [1.82, 2.24) is 4.90 Å². The molecule has 0 N–H and O–H groups in total. The van der Waals surface area contributed by atoms with Crippen LogP contribution in [0.15, 0.2) is 23.2 Å². The van der Waals surface area contributed by atoms with Gasteiger partial charge < -0.3 is 9.64 Å². The standard InChI is InChI=1S/C20H28N2O3S/c1-6-22(7-2)20(24)16-9-8-15(25-5)10-14(16)11-18(23)19-21-17(12-26-19)13(3)4/h8-10,13,17H,6-7,11-12H2,1-5H3. The maximum atomic E-state index is 12.8. The normalized spacial score (nSPS) is 16.5. The number of carbonyl (C=O) groups excluding carboxylic acids is 2. The largest absolute Gasteiger partial charge is 0.497 e. The van der Waals surface area contributed by atoms with E-state index in [0.717, 1.165) is 5.75 Å². The lowest BCUT2D eigenvalue weighted by atomic mass is 10.0. The van der Waals surface area contributed by atoms with Gasteiger partial charge in [0, 0.05) is 30.8 Å². The van der Waals surface area contributed by atoms with Crippen molar-refractivity contribution >= 4 is 28.5 Å². The quantitative estimate of drug-likeness (QED) is 0.697. The average Bonchev–Trinajstić information content (AvgIpc) is 3.13. The molecule has 26 heavy (non-hydrogen) atoms. The number of carbonyl (C=O) groups is 2. The van der Waals surface area contributed by atoms with Gasteiger partial charge in [-0.3, -0.25) is 14.6 Å². The summed E-state index contributed by atoms with van der Waals surface area (Å²) in [4.78, 5) is 31.9. The van der Waals surface area contributed by atoms with E-state index >= 15 is 0 Å². The van der Waals surface area contributed by atoms with E-state index in [4.69, 9.17) is 4.74 Å². The first-order chi connectivity index (χ1) is 12.4. The molecule has 1 atom stereocenters. The van der Waals surface area contributed by atoms with Crippen LogP contribution in [-0.2, 0) is 11.2 Å². The summed E-state index contributed by atoms with van der Waals surface area (Å²) in [5.74, 6) is 1.83. The fraction of sp³-hybridized carbons (Fsp3) is 0.550. The third kappa shape index (κ3) is 4.67. The topological polar surface area (TPSA) is 59.0 Å². The van der Waals surface area contributed by atoms with Crippen LogP contribution < -0.4 is 4.74 Å². The highest BCUT2D eigenvalue weighted by Gasteiger charge is 2.27. The van der Waals surface area contributed by atoms with E-state index in [9.17, 15) is 9.59 Å². The van der Waals surface area contributed by atoms with Gasteiger partial charge in [0.25, 0.3) is 5.91 Å². The Kier molecular flexibility index (Phi) is 7.26. The third-order valence-corrected chi connectivity index (χ3v) is 5.74. The first kappa shape index (κ1) is 20.5. The summed E-state index contributed by atoms with van der Waals surface area (Å²) in [6.07, 6.45) is 0.163. The molecule has 1 aliphatic rings. The molecular weight excluding hydrogens is 348 g/mol. The van der Waals surface area contributed by atoms with Crippen LogP contribution in [0.3, 0.4) is 0 Å². The highest BCUT2D eigenvalue weighted by atomic mass is 32.2. The van der Waals surface area contributed by atoms with E-state index in [-0.39, 0.29) is 24.2 Å². The van der Waals surface area contributed by atoms with Crippen molar-refractivity contribution in [2.75, 3.05) is 26.0 Å². The second kappa shape index (κ2) is 9.21. The maximum Gasteiger partial charge on any atom is 0.254 e. The van der Waals surface area contributed by atoms with Crippen LogP contribution in [0.5, 0.6) is 5.75 Å². The van der Waals surface area contributed by atoms with Crippen LogP contribution in [0.25, 0.3) is 0 Å². The Hall–Kier alpha value is -1.82. The second-order valence-electron chi connectivity index (χ2n) is 6.66. The second-order valence-corrected chi connectivity index (χ2v) is 7.67. The van der Waals surface area contributed by atoms with Crippen molar-refractivity contribution in [3.05, 3.63) is 29.3 Å². The van der Waals surface area contributed by atoms with Gasteiger partial charge in [0.1, 0.15) is 10.8 Å². The molecule has 5 nitrogen and oxygen atoms in total. The first-order valence-corrected chi connectivity index (χ1v) is 10.1. The number of thioether (sulfide) groups is 1. The summed E-state index contributed by atoms with van der Waals surface area (Å²) < 4.78 is 5.29. The molecule has 0 aliphatic carbocycles. The Bertz CT molecular complexity index is 696. The summed E-state index contributed by atoms with van der Waals surface area (Å²) in [5, 5.41) is 0.577. The van der Waals surface area contributed by atoms with Crippen molar-refractivity contribution in [1.29, 1.82) is 0 Å². The van der Waals surface area contributed by atoms with Crippen molar-refractivity contribution in [2.24, 2.45) is 10.9 Å². The van der Waals surface area contributed by atoms with E-state index in [1.54, 1.807) is 30.2 Å². The van der Waals surface area contributed by atoms with Gasteiger partial charge in [-0.25, -0.2) is 0 Å². The minimum atomic E-state index is -0.0541. The highest BCUT2D eigenvalue weighted by molar-refractivity contribution is 8.16. The highest BCUT2D eigenvalue weighted by Crippen LogP contribution is 2.26. The summed E-state index contributed by atoms with van der Waals surface area (Å²) in [6.45, 7) is 9.40. The van der Waals surface area contributed by atoms with Crippen LogP contribution in [0.1, 0.15) is 43.6 Å². The number of methoxy groups -OCH3 is 1. The fourth-order valence-electron chi connectivity index (χ4n) is 2.87. The van der Waals surface area contributed by atoms with Gasteiger partial charge >= 0.3 is 0 Å². The Morgan fingerprint density at radius 2 is 2.00 bits per heavy atom. The van der Waals surface area contributed by atoms with Crippen LogP contribution >= 0.6 is 11.8 Å². The number of hydrogen-bond acceptors (Lipinski definition) is 5. The first-order valence-electron chi connectivity index (χ1n) is 9.11. The van der Waals surface area contributed by atoms with Gasteiger partial charge in [0.05, 0.1) is 13.2 Å². The number of ether oxygens (including phenoxy) is 1. The summed E-state index contributed by atoms with van der Waals surface area (Å²) in [7, 11) is 1.58. The molecule has 0 bridgehead atoms. The van der Waals surface area contributed by atoms with Crippen molar-refractivity contribution in [2.45, 2.75) is 40.2 Å². The molecule has 1 heterocycles. The lowest BCUT2D eigenvalue weighted by molar-refractivity contribution is -0.112. The molecule has 2 rings (SSSR count). The summed E-state index contributed by atoms with van der Waals surface area (Å²) in [6, 6.07) is 5.50. The average molecular weight is 377 g/mol. The monoisotopic (exact) mass is 376 g/mol. The molecule has 0 spiro atoms. The maximum absolute atomic E-state index is 12.8. The lowest BCUT2D eigenvalue weighted by Gasteiger charge is -2.20. The zero-order chi connectivity index (χ0) is 19.3. The number of rotatable bonds is 8.